The second-order valence-electron chi connectivity index (χ2n) is 4.46. The SMILES string of the molecule is C=C1SC(c2ccccc2)=C(c2ccccc2)N1C. The van der Waals surface area contributed by atoms with Gasteiger partial charge in [-0.3, -0.25) is 0 Å². The van der Waals surface area contributed by atoms with Crippen molar-refractivity contribution < 1.29 is 0 Å². The molecule has 0 radical (unpaired) electrons. The van der Waals surface area contributed by atoms with Crippen LogP contribution in [0, 0.1) is 0 Å². The van der Waals surface area contributed by atoms with Gasteiger partial charge >= 0.3 is 0 Å². The molecule has 0 N–H and O–H groups in total. The molecule has 19 heavy (non-hydrogen) atoms. The minimum absolute atomic E-state index is 1.07. The number of thioether (sulfide) groups is 1. The van der Waals surface area contributed by atoms with Crippen LogP contribution in [0.15, 0.2) is 72.3 Å². The Morgan fingerprint density at radius 2 is 1.37 bits per heavy atom. The van der Waals surface area contributed by atoms with Crippen molar-refractivity contribution >= 4 is 22.4 Å². The lowest BCUT2D eigenvalue weighted by molar-refractivity contribution is 0.651. The fourth-order valence-electron chi connectivity index (χ4n) is 2.22. The van der Waals surface area contributed by atoms with Crippen LogP contribution in [-0.2, 0) is 0 Å². The average Bonchev–Trinajstić information content (AvgIpc) is 2.77. The summed E-state index contributed by atoms with van der Waals surface area (Å²) in [5.74, 6) is 0. The summed E-state index contributed by atoms with van der Waals surface area (Å²) in [6.07, 6.45) is 0. The van der Waals surface area contributed by atoms with Crippen LogP contribution in [0.25, 0.3) is 10.6 Å². The number of hydrogen-bond donors (Lipinski definition) is 0. The largest absolute Gasteiger partial charge is 0.338 e. The van der Waals surface area contributed by atoms with Crippen LogP contribution in [0.1, 0.15) is 11.1 Å². The van der Waals surface area contributed by atoms with Gasteiger partial charge in [-0.25, -0.2) is 0 Å². The normalized spacial score (nSPS) is 15.2. The van der Waals surface area contributed by atoms with E-state index >= 15 is 0 Å². The molecule has 0 aliphatic carbocycles. The molecule has 1 heterocycles. The predicted octanol–water partition coefficient (Wildman–Crippen LogP) is 4.66. The van der Waals surface area contributed by atoms with Crippen molar-refractivity contribution in [2.45, 2.75) is 0 Å². The first-order valence-electron chi connectivity index (χ1n) is 6.23. The van der Waals surface area contributed by atoms with Crippen molar-refractivity contribution in [2.75, 3.05) is 7.05 Å². The molecule has 0 spiro atoms. The van der Waals surface area contributed by atoms with E-state index in [1.807, 2.05) is 12.1 Å². The molecule has 0 atom stereocenters. The monoisotopic (exact) mass is 265 g/mol. The maximum Gasteiger partial charge on any atom is 0.0726 e. The molecule has 2 aromatic carbocycles. The Morgan fingerprint density at radius 1 is 0.842 bits per heavy atom. The molecule has 0 amide bonds. The average molecular weight is 265 g/mol. The van der Waals surface area contributed by atoms with Gasteiger partial charge in [-0.05, 0) is 11.1 Å². The van der Waals surface area contributed by atoms with E-state index in [2.05, 4.69) is 67.1 Å². The van der Waals surface area contributed by atoms with E-state index in [4.69, 9.17) is 0 Å². The van der Waals surface area contributed by atoms with Crippen LogP contribution < -0.4 is 0 Å². The highest BCUT2D eigenvalue weighted by molar-refractivity contribution is 8.12. The zero-order valence-electron chi connectivity index (χ0n) is 10.8. The lowest BCUT2D eigenvalue weighted by Crippen LogP contribution is -2.09. The van der Waals surface area contributed by atoms with E-state index in [1.54, 1.807) is 11.8 Å². The quantitative estimate of drug-likeness (QED) is 0.776. The van der Waals surface area contributed by atoms with Crippen molar-refractivity contribution in [1.29, 1.82) is 0 Å². The van der Waals surface area contributed by atoms with Crippen LogP contribution in [0.3, 0.4) is 0 Å². The van der Waals surface area contributed by atoms with E-state index in [9.17, 15) is 0 Å². The Bertz CT molecular complexity index is 629. The standard InChI is InChI=1S/C17H15NS/c1-13-18(2)16(14-9-5-3-6-10-14)17(19-13)15-11-7-4-8-12-15/h3-12H,1H2,2H3. The maximum atomic E-state index is 4.13. The lowest BCUT2D eigenvalue weighted by atomic mass is 10.1. The molecule has 0 saturated carbocycles. The highest BCUT2D eigenvalue weighted by atomic mass is 32.2. The molecule has 0 unspecified atom stereocenters. The summed E-state index contributed by atoms with van der Waals surface area (Å²) in [6.45, 7) is 4.13. The highest BCUT2D eigenvalue weighted by Gasteiger charge is 2.25. The molecule has 1 aliphatic heterocycles. The Kier molecular flexibility index (Phi) is 3.18. The Labute approximate surface area is 118 Å². The molecule has 3 rings (SSSR count). The van der Waals surface area contributed by atoms with E-state index in [-0.39, 0.29) is 0 Å². The molecular formula is C17H15NS. The molecule has 94 valence electrons. The maximum absolute atomic E-state index is 4.13. The van der Waals surface area contributed by atoms with E-state index < -0.39 is 0 Å². The summed E-state index contributed by atoms with van der Waals surface area (Å²) in [5, 5.41) is 1.07. The van der Waals surface area contributed by atoms with Crippen LogP contribution in [0.5, 0.6) is 0 Å². The number of benzene rings is 2. The molecule has 0 aromatic heterocycles. The summed E-state index contributed by atoms with van der Waals surface area (Å²) in [7, 11) is 2.08. The fraction of sp³-hybridized carbons (Fsp3) is 0.0588. The molecule has 1 aliphatic rings. The summed E-state index contributed by atoms with van der Waals surface area (Å²) < 4.78 is 0. The lowest BCUT2D eigenvalue weighted by Gasteiger charge is -2.17. The summed E-state index contributed by atoms with van der Waals surface area (Å²) in [6, 6.07) is 21.0. The minimum atomic E-state index is 1.07. The van der Waals surface area contributed by atoms with Gasteiger partial charge in [0.05, 0.1) is 10.7 Å². The van der Waals surface area contributed by atoms with Crippen LogP contribution >= 0.6 is 11.8 Å². The first-order valence-corrected chi connectivity index (χ1v) is 7.04. The van der Waals surface area contributed by atoms with Gasteiger partial charge in [0.2, 0.25) is 0 Å². The van der Waals surface area contributed by atoms with E-state index in [0.717, 1.165) is 5.03 Å². The number of rotatable bonds is 2. The van der Waals surface area contributed by atoms with Gasteiger partial charge in [0.25, 0.3) is 0 Å². The molecule has 0 saturated heterocycles. The first kappa shape index (κ1) is 12.1. The molecule has 2 aromatic rings. The van der Waals surface area contributed by atoms with Crippen LogP contribution in [0.2, 0.25) is 0 Å². The highest BCUT2D eigenvalue weighted by Crippen LogP contribution is 2.48. The third-order valence-corrected chi connectivity index (χ3v) is 4.37. The van der Waals surface area contributed by atoms with Crippen molar-refractivity contribution in [2.24, 2.45) is 0 Å². The smallest absolute Gasteiger partial charge is 0.0726 e. The van der Waals surface area contributed by atoms with E-state index in [1.165, 1.54) is 21.7 Å². The van der Waals surface area contributed by atoms with Crippen molar-refractivity contribution in [3.8, 4) is 0 Å². The zero-order chi connectivity index (χ0) is 13.2. The second kappa shape index (κ2) is 4.98. The van der Waals surface area contributed by atoms with Crippen LogP contribution in [-0.4, -0.2) is 11.9 Å². The van der Waals surface area contributed by atoms with Crippen molar-refractivity contribution in [3.63, 3.8) is 0 Å². The van der Waals surface area contributed by atoms with Gasteiger partial charge in [0.1, 0.15) is 0 Å². The summed E-state index contributed by atoms with van der Waals surface area (Å²) in [5.41, 5.74) is 3.72. The zero-order valence-corrected chi connectivity index (χ0v) is 11.7. The van der Waals surface area contributed by atoms with Gasteiger partial charge in [-0.2, -0.15) is 0 Å². The molecular weight excluding hydrogens is 250 g/mol. The summed E-state index contributed by atoms with van der Waals surface area (Å²) >= 11 is 1.74. The second-order valence-corrected chi connectivity index (χ2v) is 5.55. The third-order valence-electron chi connectivity index (χ3n) is 3.23. The van der Waals surface area contributed by atoms with Crippen molar-refractivity contribution in [1.82, 2.24) is 4.90 Å². The fourth-order valence-corrected chi connectivity index (χ4v) is 3.29. The predicted molar refractivity (Wildman–Crippen MR) is 84.2 cm³/mol. The van der Waals surface area contributed by atoms with Crippen molar-refractivity contribution in [3.05, 3.63) is 83.4 Å². The van der Waals surface area contributed by atoms with Crippen LogP contribution in [0.4, 0.5) is 0 Å². The Morgan fingerprint density at radius 3 is 1.95 bits per heavy atom. The molecule has 1 nitrogen and oxygen atoms in total. The van der Waals surface area contributed by atoms with Gasteiger partial charge in [-0.15, -0.1) is 0 Å². The topological polar surface area (TPSA) is 3.24 Å². The van der Waals surface area contributed by atoms with Gasteiger partial charge in [-0.1, -0.05) is 79.0 Å². The third kappa shape index (κ3) is 2.20. The molecule has 0 bridgehead atoms. The first-order chi connectivity index (χ1) is 9.27. The Balaban J connectivity index is 2.17. The Hall–Kier alpha value is -1.93. The summed E-state index contributed by atoms with van der Waals surface area (Å²) in [4.78, 5) is 3.45. The van der Waals surface area contributed by atoms with Gasteiger partial charge in [0, 0.05) is 12.0 Å². The van der Waals surface area contributed by atoms with E-state index in [0.29, 0.717) is 0 Å². The van der Waals surface area contributed by atoms with Gasteiger partial charge in [0.15, 0.2) is 0 Å². The minimum Gasteiger partial charge on any atom is -0.338 e. The molecule has 0 fully saturated rings. The number of hydrogen-bond acceptors (Lipinski definition) is 2. The number of nitrogens with zero attached hydrogens (tertiary/aromatic N) is 1. The molecule has 2 heteroatoms. The van der Waals surface area contributed by atoms with Gasteiger partial charge < -0.3 is 4.90 Å².